The second-order valence-electron chi connectivity index (χ2n) is 5.11. The third-order valence-corrected chi connectivity index (χ3v) is 4.95. The molecular weight excluding hydrogens is 304 g/mol. The normalized spacial score (nSPS) is 18.2. The molecule has 1 atom stereocenters. The lowest BCUT2D eigenvalue weighted by atomic mass is 10.1. The minimum absolute atomic E-state index is 0.0102. The van der Waals surface area contributed by atoms with Crippen LogP contribution in [0.5, 0.6) is 0 Å². The number of thioether (sulfide) groups is 1. The fourth-order valence-electron chi connectivity index (χ4n) is 2.03. The van der Waals surface area contributed by atoms with E-state index in [4.69, 9.17) is 12.2 Å². The molecule has 2 rings (SSSR count). The van der Waals surface area contributed by atoms with Gasteiger partial charge in [0.25, 0.3) is 0 Å². The van der Waals surface area contributed by atoms with Gasteiger partial charge < -0.3 is 5.32 Å². The fourth-order valence-corrected chi connectivity index (χ4v) is 3.49. The first-order valence-corrected chi connectivity index (χ1v) is 8.06. The molecule has 4 nitrogen and oxygen atoms in total. The Kier molecular flexibility index (Phi) is 5.00. The van der Waals surface area contributed by atoms with E-state index in [1.165, 1.54) is 22.2 Å². The van der Waals surface area contributed by atoms with Crippen molar-refractivity contribution in [3.63, 3.8) is 0 Å². The molecule has 1 aromatic carbocycles. The lowest BCUT2D eigenvalue weighted by molar-refractivity contribution is -0.126. The predicted octanol–water partition coefficient (Wildman–Crippen LogP) is 2.88. The van der Waals surface area contributed by atoms with Gasteiger partial charge in [-0.1, -0.05) is 30.0 Å². The SMILES string of the molecule is Cc1ccc(NC(=O)CCN2C(=O)C(C)SC2=S)cc1C. The molecule has 1 saturated heterocycles. The van der Waals surface area contributed by atoms with Gasteiger partial charge >= 0.3 is 0 Å². The summed E-state index contributed by atoms with van der Waals surface area (Å²) in [5, 5.41) is 2.71. The topological polar surface area (TPSA) is 49.4 Å². The standard InChI is InChI=1S/C15H18N2O2S2/c1-9-4-5-12(8-10(9)2)16-13(18)6-7-17-14(19)11(3)21-15(17)20/h4-5,8,11H,6-7H2,1-3H3,(H,16,18). The summed E-state index contributed by atoms with van der Waals surface area (Å²) < 4.78 is 0.562. The summed E-state index contributed by atoms with van der Waals surface area (Å²) in [7, 11) is 0. The van der Waals surface area contributed by atoms with Gasteiger partial charge in [-0.15, -0.1) is 0 Å². The predicted molar refractivity (Wildman–Crippen MR) is 90.5 cm³/mol. The Hall–Kier alpha value is -1.40. The van der Waals surface area contributed by atoms with Crippen molar-refractivity contribution in [3.8, 4) is 0 Å². The average Bonchev–Trinajstić information content (AvgIpc) is 2.66. The van der Waals surface area contributed by atoms with Gasteiger partial charge in [0.2, 0.25) is 11.8 Å². The van der Waals surface area contributed by atoms with Crippen LogP contribution in [0.25, 0.3) is 0 Å². The Balaban J connectivity index is 1.89. The number of hydrogen-bond acceptors (Lipinski definition) is 4. The van der Waals surface area contributed by atoms with Crippen LogP contribution in [-0.4, -0.2) is 32.8 Å². The molecule has 0 radical (unpaired) electrons. The van der Waals surface area contributed by atoms with Crippen molar-refractivity contribution in [1.29, 1.82) is 0 Å². The number of rotatable bonds is 4. The summed E-state index contributed by atoms with van der Waals surface area (Å²) in [6, 6.07) is 5.79. The summed E-state index contributed by atoms with van der Waals surface area (Å²) in [5.41, 5.74) is 3.10. The molecule has 1 fully saturated rings. The first kappa shape index (κ1) is 16.0. The summed E-state index contributed by atoms with van der Waals surface area (Å²) in [6.45, 7) is 6.20. The Morgan fingerprint density at radius 2 is 2.10 bits per heavy atom. The van der Waals surface area contributed by atoms with Crippen molar-refractivity contribution in [1.82, 2.24) is 4.90 Å². The Morgan fingerprint density at radius 3 is 2.67 bits per heavy atom. The number of amides is 2. The summed E-state index contributed by atoms with van der Waals surface area (Å²) >= 11 is 6.52. The highest BCUT2D eigenvalue weighted by atomic mass is 32.2. The highest BCUT2D eigenvalue weighted by Gasteiger charge is 2.33. The van der Waals surface area contributed by atoms with E-state index in [1.54, 1.807) is 0 Å². The molecule has 1 aliphatic rings. The van der Waals surface area contributed by atoms with Crippen molar-refractivity contribution in [2.24, 2.45) is 0 Å². The van der Waals surface area contributed by atoms with Gasteiger partial charge in [-0.25, -0.2) is 0 Å². The zero-order valence-electron chi connectivity index (χ0n) is 12.3. The average molecular weight is 322 g/mol. The molecule has 0 bridgehead atoms. The van der Waals surface area contributed by atoms with E-state index >= 15 is 0 Å². The lowest BCUT2D eigenvalue weighted by Crippen LogP contribution is -2.33. The molecule has 6 heteroatoms. The van der Waals surface area contributed by atoms with Crippen molar-refractivity contribution < 1.29 is 9.59 Å². The van der Waals surface area contributed by atoms with Crippen LogP contribution >= 0.6 is 24.0 Å². The van der Waals surface area contributed by atoms with Crippen LogP contribution in [0.3, 0.4) is 0 Å². The number of anilines is 1. The number of carbonyl (C=O) groups is 2. The van der Waals surface area contributed by atoms with Crippen molar-refractivity contribution in [2.75, 3.05) is 11.9 Å². The Bertz CT molecular complexity index is 601. The third-order valence-electron chi connectivity index (χ3n) is 3.46. The molecule has 112 valence electrons. The summed E-state index contributed by atoms with van der Waals surface area (Å²) in [4.78, 5) is 25.3. The summed E-state index contributed by atoms with van der Waals surface area (Å²) in [6.07, 6.45) is 0.242. The third kappa shape index (κ3) is 3.83. The number of carbonyl (C=O) groups excluding carboxylic acids is 2. The zero-order valence-corrected chi connectivity index (χ0v) is 13.9. The van der Waals surface area contributed by atoms with Crippen molar-refractivity contribution in [2.45, 2.75) is 32.4 Å². The number of benzene rings is 1. The smallest absolute Gasteiger partial charge is 0.241 e. The van der Waals surface area contributed by atoms with Crippen molar-refractivity contribution in [3.05, 3.63) is 29.3 Å². The zero-order chi connectivity index (χ0) is 15.6. The number of hydrogen-bond donors (Lipinski definition) is 1. The number of aryl methyl sites for hydroxylation is 2. The van der Waals surface area contributed by atoms with Gasteiger partial charge in [-0.3, -0.25) is 14.5 Å². The molecule has 1 heterocycles. The Labute approximate surface area is 134 Å². The molecule has 21 heavy (non-hydrogen) atoms. The quantitative estimate of drug-likeness (QED) is 0.866. The molecule has 0 saturated carbocycles. The minimum atomic E-state index is -0.139. The van der Waals surface area contributed by atoms with E-state index in [0.29, 0.717) is 10.9 Å². The molecule has 0 aliphatic carbocycles. The van der Waals surface area contributed by atoms with E-state index in [1.807, 2.05) is 39.0 Å². The van der Waals surface area contributed by atoms with Crippen LogP contribution in [0.4, 0.5) is 5.69 Å². The summed E-state index contributed by atoms with van der Waals surface area (Å²) in [5.74, 6) is -0.123. The van der Waals surface area contributed by atoms with Crippen LogP contribution in [-0.2, 0) is 9.59 Å². The number of nitrogens with zero attached hydrogens (tertiary/aromatic N) is 1. The largest absolute Gasteiger partial charge is 0.326 e. The van der Waals surface area contributed by atoms with Crippen LogP contribution in [0.1, 0.15) is 24.5 Å². The Morgan fingerprint density at radius 1 is 1.38 bits per heavy atom. The van der Waals surface area contributed by atoms with Crippen molar-refractivity contribution >= 4 is 45.8 Å². The van der Waals surface area contributed by atoms with E-state index in [9.17, 15) is 9.59 Å². The maximum absolute atomic E-state index is 12.0. The lowest BCUT2D eigenvalue weighted by Gasteiger charge is -2.15. The molecule has 1 unspecified atom stereocenters. The van der Waals surface area contributed by atoms with E-state index < -0.39 is 0 Å². The molecule has 0 spiro atoms. The van der Waals surface area contributed by atoms with Crippen LogP contribution in [0, 0.1) is 13.8 Å². The van der Waals surface area contributed by atoms with Crippen LogP contribution in [0.15, 0.2) is 18.2 Å². The first-order chi connectivity index (χ1) is 9.88. The van der Waals surface area contributed by atoms with E-state index in [2.05, 4.69) is 5.32 Å². The molecule has 1 N–H and O–H groups in total. The number of thiocarbonyl (C=S) groups is 1. The van der Waals surface area contributed by atoms with Crippen LogP contribution in [0.2, 0.25) is 0 Å². The molecule has 1 aromatic rings. The second-order valence-corrected chi connectivity index (χ2v) is 7.09. The molecular formula is C15H18N2O2S2. The first-order valence-electron chi connectivity index (χ1n) is 6.77. The fraction of sp³-hybridized carbons (Fsp3) is 0.400. The van der Waals surface area contributed by atoms with Gasteiger partial charge in [0, 0.05) is 18.7 Å². The van der Waals surface area contributed by atoms with E-state index in [-0.39, 0.29) is 23.5 Å². The number of nitrogens with one attached hydrogen (secondary N) is 1. The van der Waals surface area contributed by atoms with Crippen LogP contribution < -0.4 is 5.32 Å². The molecule has 2 amide bonds. The maximum Gasteiger partial charge on any atom is 0.241 e. The minimum Gasteiger partial charge on any atom is -0.326 e. The van der Waals surface area contributed by atoms with Gasteiger partial charge in [0.1, 0.15) is 4.32 Å². The van der Waals surface area contributed by atoms with Gasteiger partial charge in [0.05, 0.1) is 5.25 Å². The monoisotopic (exact) mass is 322 g/mol. The van der Waals surface area contributed by atoms with E-state index in [0.717, 1.165) is 11.3 Å². The maximum atomic E-state index is 12.0. The second kappa shape index (κ2) is 6.58. The van der Waals surface area contributed by atoms with Gasteiger partial charge in [-0.2, -0.15) is 0 Å². The highest BCUT2D eigenvalue weighted by molar-refractivity contribution is 8.24. The van der Waals surface area contributed by atoms with Gasteiger partial charge in [0.15, 0.2) is 0 Å². The highest BCUT2D eigenvalue weighted by Crippen LogP contribution is 2.26. The van der Waals surface area contributed by atoms with Gasteiger partial charge in [-0.05, 0) is 44.0 Å². The molecule has 1 aliphatic heterocycles. The molecule has 0 aromatic heterocycles.